The summed E-state index contributed by atoms with van der Waals surface area (Å²) in [4.78, 5) is 0. The molecule has 0 aliphatic heterocycles. The van der Waals surface area contributed by atoms with E-state index in [2.05, 4.69) is 15.4 Å². The van der Waals surface area contributed by atoms with Gasteiger partial charge in [0, 0.05) is 24.2 Å². The summed E-state index contributed by atoms with van der Waals surface area (Å²) in [7, 11) is 0. The second kappa shape index (κ2) is 7.13. The SMILES string of the molecule is C/C(=C\c1ccc(F)cc1)C(O)(Cc1c[nH]nn1)c1ccc(F)cc1F. The Kier molecular flexibility index (Phi) is 4.90. The van der Waals surface area contributed by atoms with Gasteiger partial charge in [-0.05, 0) is 42.3 Å². The monoisotopic (exact) mass is 359 g/mol. The minimum Gasteiger partial charge on any atom is -0.380 e. The molecule has 0 amide bonds. The molecule has 1 heterocycles. The van der Waals surface area contributed by atoms with Crippen LogP contribution in [0.25, 0.3) is 6.08 Å². The maximum Gasteiger partial charge on any atom is 0.132 e. The molecule has 0 bridgehead atoms. The summed E-state index contributed by atoms with van der Waals surface area (Å²) in [5.41, 5.74) is -0.452. The van der Waals surface area contributed by atoms with E-state index in [9.17, 15) is 18.3 Å². The highest BCUT2D eigenvalue weighted by Gasteiger charge is 2.35. The number of benzene rings is 2. The quantitative estimate of drug-likeness (QED) is 0.729. The molecule has 0 aliphatic rings. The van der Waals surface area contributed by atoms with Crippen LogP contribution in [-0.2, 0) is 12.0 Å². The third kappa shape index (κ3) is 3.67. The van der Waals surface area contributed by atoms with Crippen molar-refractivity contribution in [2.45, 2.75) is 18.9 Å². The number of aromatic nitrogens is 3. The van der Waals surface area contributed by atoms with Crippen LogP contribution in [0.5, 0.6) is 0 Å². The topological polar surface area (TPSA) is 61.8 Å². The molecule has 7 heteroatoms. The number of H-pyrrole nitrogens is 1. The van der Waals surface area contributed by atoms with Crippen molar-refractivity contribution >= 4 is 6.08 Å². The minimum atomic E-state index is -1.79. The number of hydrogen-bond donors (Lipinski definition) is 2. The van der Waals surface area contributed by atoms with E-state index in [-0.39, 0.29) is 17.8 Å². The third-order valence-corrected chi connectivity index (χ3v) is 4.19. The fourth-order valence-electron chi connectivity index (χ4n) is 2.77. The van der Waals surface area contributed by atoms with Gasteiger partial charge >= 0.3 is 0 Å². The fraction of sp³-hybridized carbons (Fsp3) is 0.158. The summed E-state index contributed by atoms with van der Waals surface area (Å²) >= 11 is 0. The van der Waals surface area contributed by atoms with Crippen LogP contribution in [0.2, 0.25) is 0 Å². The van der Waals surface area contributed by atoms with Gasteiger partial charge in [0.05, 0.1) is 5.69 Å². The van der Waals surface area contributed by atoms with Gasteiger partial charge in [-0.1, -0.05) is 23.4 Å². The number of aromatic amines is 1. The van der Waals surface area contributed by atoms with Crippen molar-refractivity contribution in [3.63, 3.8) is 0 Å². The molecule has 2 N–H and O–H groups in total. The number of halogens is 3. The van der Waals surface area contributed by atoms with Crippen molar-refractivity contribution in [3.05, 3.63) is 88.5 Å². The highest BCUT2D eigenvalue weighted by Crippen LogP contribution is 2.35. The Labute approximate surface area is 148 Å². The molecule has 1 atom stereocenters. The van der Waals surface area contributed by atoms with Crippen molar-refractivity contribution in [2.75, 3.05) is 0 Å². The molecule has 134 valence electrons. The van der Waals surface area contributed by atoms with Gasteiger partial charge in [-0.25, -0.2) is 13.2 Å². The van der Waals surface area contributed by atoms with Crippen LogP contribution in [0.15, 0.2) is 54.2 Å². The standard InChI is InChI=1S/C19H16F3N3O/c1-12(8-13-2-4-14(20)5-3-13)19(26,10-16-11-23-25-24-16)17-7-6-15(21)9-18(17)22/h2-9,11,26H,10H2,1H3,(H,23,24,25)/b12-8+. The molecule has 1 unspecified atom stereocenters. The van der Waals surface area contributed by atoms with Gasteiger partial charge in [0.2, 0.25) is 0 Å². The van der Waals surface area contributed by atoms with Crippen LogP contribution >= 0.6 is 0 Å². The van der Waals surface area contributed by atoms with E-state index >= 15 is 0 Å². The zero-order valence-electron chi connectivity index (χ0n) is 13.9. The summed E-state index contributed by atoms with van der Waals surface area (Å²) in [5.74, 6) is -2.00. The smallest absolute Gasteiger partial charge is 0.132 e. The summed E-state index contributed by atoms with van der Waals surface area (Å²) in [6.07, 6.45) is 3.02. The van der Waals surface area contributed by atoms with Gasteiger partial charge in [-0.15, -0.1) is 5.10 Å². The fourth-order valence-corrected chi connectivity index (χ4v) is 2.77. The Morgan fingerprint density at radius 2 is 1.81 bits per heavy atom. The van der Waals surface area contributed by atoms with Crippen molar-refractivity contribution in [1.82, 2.24) is 15.4 Å². The molecule has 0 saturated heterocycles. The summed E-state index contributed by atoms with van der Waals surface area (Å²) in [6.45, 7) is 1.62. The van der Waals surface area contributed by atoms with Gasteiger partial charge in [0.15, 0.2) is 0 Å². The van der Waals surface area contributed by atoms with E-state index in [4.69, 9.17) is 0 Å². The van der Waals surface area contributed by atoms with Crippen LogP contribution in [-0.4, -0.2) is 20.5 Å². The first kappa shape index (κ1) is 17.9. The molecule has 0 radical (unpaired) electrons. The molecule has 26 heavy (non-hydrogen) atoms. The molecular weight excluding hydrogens is 343 g/mol. The molecular formula is C19H16F3N3O. The molecule has 2 aromatic carbocycles. The largest absolute Gasteiger partial charge is 0.380 e. The molecule has 3 rings (SSSR count). The van der Waals surface area contributed by atoms with Gasteiger partial charge in [-0.3, -0.25) is 5.10 Å². The predicted molar refractivity (Wildman–Crippen MR) is 90.4 cm³/mol. The Bertz CT molecular complexity index is 924. The van der Waals surface area contributed by atoms with Gasteiger partial charge in [0.25, 0.3) is 0 Å². The number of nitrogens with one attached hydrogen (secondary N) is 1. The zero-order chi connectivity index (χ0) is 18.7. The Balaban J connectivity index is 2.08. The minimum absolute atomic E-state index is 0.0738. The Morgan fingerprint density at radius 3 is 2.42 bits per heavy atom. The molecule has 4 nitrogen and oxygen atoms in total. The van der Waals surface area contributed by atoms with Gasteiger partial charge in [-0.2, -0.15) is 0 Å². The molecule has 1 aromatic heterocycles. The predicted octanol–water partition coefficient (Wildman–Crippen LogP) is 3.76. The van der Waals surface area contributed by atoms with E-state index in [0.717, 1.165) is 6.07 Å². The second-order valence-corrected chi connectivity index (χ2v) is 6.00. The lowest BCUT2D eigenvalue weighted by molar-refractivity contribution is 0.0725. The average Bonchev–Trinajstić information content (AvgIpc) is 3.09. The Morgan fingerprint density at radius 1 is 1.12 bits per heavy atom. The lowest BCUT2D eigenvalue weighted by Gasteiger charge is -2.30. The lowest BCUT2D eigenvalue weighted by Crippen LogP contribution is -2.31. The number of aliphatic hydroxyl groups is 1. The van der Waals surface area contributed by atoms with Crippen molar-refractivity contribution in [1.29, 1.82) is 0 Å². The first-order valence-corrected chi connectivity index (χ1v) is 7.86. The number of hydrogen-bond acceptors (Lipinski definition) is 3. The maximum atomic E-state index is 14.4. The third-order valence-electron chi connectivity index (χ3n) is 4.19. The molecule has 0 aliphatic carbocycles. The lowest BCUT2D eigenvalue weighted by atomic mass is 9.82. The van der Waals surface area contributed by atoms with E-state index < -0.39 is 17.2 Å². The van der Waals surface area contributed by atoms with E-state index in [0.29, 0.717) is 22.9 Å². The highest BCUT2D eigenvalue weighted by molar-refractivity contribution is 5.56. The maximum absolute atomic E-state index is 14.4. The van der Waals surface area contributed by atoms with Crippen LogP contribution < -0.4 is 0 Å². The zero-order valence-corrected chi connectivity index (χ0v) is 13.9. The highest BCUT2D eigenvalue weighted by atomic mass is 19.1. The first-order valence-electron chi connectivity index (χ1n) is 7.86. The number of nitrogens with zero attached hydrogens (tertiary/aromatic N) is 2. The first-order chi connectivity index (χ1) is 12.4. The van der Waals surface area contributed by atoms with Gasteiger partial charge in [0.1, 0.15) is 23.1 Å². The van der Waals surface area contributed by atoms with Crippen molar-refractivity contribution in [2.24, 2.45) is 0 Å². The van der Waals surface area contributed by atoms with Crippen LogP contribution in [0.4, 0.5) is 13.2 Å². The molecule has 3 aromatic rings. The molecule has 0 saturated carbocycles. The number of rotatable bonds is 5. The van der Waals surface area contributed by atoms with Crippen LogP contribution in [0.3, 0.4) is 0 Å². The summed E-state index contributed by atoms with van der Waals surface area (Å²) < 4.78 is 40.8. The molecule has 0 fully saturated rings. The van der Waals surface area contributed by atoms with Gasteiger partial charge < -0.3 is 5.11 Å². The van der Waals surface area contributed by atoms with Crippen LogP contribution in [0, 0.1) is 17.5 Å². The van der Waals surface area contributed by atoms with E-state index in [1.807, 2.05) is 0 Å². The average molecular weight is 359 g/mol. The van der Waals surface area contributed by atoms with E-state index in [1.54, 1.807) is 13.0 Å². The van der Waals surface area contributed by atoms with Crippen molar-refractivity contribution in [3.8, 4) is 0 Å². The summed E-state index contributed by atoms with van der Waals surface area (Å²) in [6, 6.07) is 8.65. The molecule has 0 spiro atoms. The second-order valence-electron chi connectivity index (χ2n) is 6.00. The normalized spacial score (nSPS) is 14.3. The van der Waals surface area contributed by atoms with E-state index in [1.165, 1.54) is 36.5 Å². The van der Waals surface area contributed by atoms with Crippen LogP contribution in [0.1, 0.15) is 23.7 Å². The Hall–Kier alpha value is -2.93. The van der Waals surface area contributed by atoms with Crippen molar-refractivity contribution < 1.29 is 18.3 Å². The summed E-state index contributed by atoms with van der Waals surface area (Å²) in [5, 5.41) is 21.3.